The zero-order chi connectivity index (χ0) is 14.4. The molecule has 0 amide bonds. The minimum atomic E-state index is -0.246. The number of hydrogen-bond donors (Lipinski definition) is 0. The highest BCUT2D eigenvalue weighted by molar-refractivity contribution is 6.09. The van der Waals surface area contributed by atoms with Gasteiger partial charge in [0.2, 0.25) is 0 Å². The predicted octanol–water partition coefficient (Wildman–Crippen LogP) is 3.02. The smallest absolute Gasteiger partial charge is 0.305 e. The lowest BCUT2D eigenvalue weighted by Crippen LogP contribution is -2.04. The van der Waals surface area contributed by atoms with E-state index in [4.69, 9.17) is 0 Å². The van der Waals surface area contributed by atoms with E-state index in [1.54, 1.807) is 18.2 Å². The van der Waals surface area contributed by atoms with Crippen LogP contribution in [0.1, 0.15) is 27.9 Å². The van der Waals surface area contributed by atoms with Crippen molar-refractivity contribution >= 4 is 11.8 Å². The Morgan fingerprint density at radius 3 is 2.35 bits per heavy atom. The van der Waals surface area contributed by atoms with Gasteiger partial charge >= 0.3 is 5.97 Å². The van der Waals surface area contributed by atoms with E-state index in [-0.39, 0.29) is 11.8 Å². The number of benzene rings is 2. The Labute approximate surface area is 118 Å². The van der Waals surface area contributed by atoms with Crippen molar-refractivity contribution in [3.8, 4) is 0 Å². The summed E-state index contributed by atoms with van der Waals surface area (Å²) in [6.45, 7) is 0. The van der Waals surface area contributed by atoms with E-state index in [1.165, 1.54) is 7.11 Å². The van der Waals surface area contributed by atoms with Crippen LogP contribution in [0.3, 0.4) is 0 Å². The molecule has 3 nitrogen and oxygen atoms in total. The number of methoxy groups -OCH3 is 1. The summed E-state index contributed by atoms with van der Waals surface area (Å²) in [6, 6.07) is 16.5. The lowest BCUT2D eigenvalue weighted by atomic mass is 10.00. The molecule has 0 radical (unpaired) electrons. The van der Waals surface area contributed by atoms with Crippen LogP contribution in [0.25, 0.3) is 0 Å². The van der Waals surface area contributed by atoms with Crippen molar-refractivity contribution in [2.45, 2.75) is 12.8 Å². The number of carbonyl (C=O) groups excluding carboxylic acids is 2. The molecule has 0 fully saturated rings. The summed E-state index contributed by atoms with van der Waals surface area (Å²) >= 11 is 0. The maximum Gasteiger partial charge on any atom is 0.305 e. The van der Waals surface area contributed by atoms with Gasteiger partial charge in [-0.25, -0.2) is 0 Å². The lowest BCUT2D eigenvalue weighted by Gasteiger charge is -2.05. The van der Waals surface area contributed by atoms with Crippen LogP contribution in [0, 0.1) is 0 Å². The molecule has 0 aliphatic carbocycles. The predicted molar refractivity (Wildman–Crippen MR) is 76.7 cm³/mol. The molecule has 0 saturated carbocycles. The molecule has 0 spiro atoms. The largest absolute Gasteiger partial charge is 0.469 e. The summed E-state index contributed by atoms with van der Waals surface area (Å²) in [4.78, 5) is 23.4. The fourth-order valence-corrected chi connectivity index (χ4v) is 1.97. The van der Waals surface area contributed by atoms with E-state index in [0.29, 0.717) is 24.0 Å². The van der Waals surface area contributed by atoms with Crippen LogP contribution in [0.5, 0.6) is 0 Å². The van der Waals surface area contributed by atoms with Gasteiger partial charge in [-0.1, -0.05) is 48.5 Å². The zero-order valence-corrected chi connectivity index (χ0v) is 11.3. The van der Waals surface area contributed by atoms with Crippen molar-refractivity contribution in [1.29, 1.82) is 0 Å². The van der Waals surface area contributed by atoms with Gasteiger partial charge in [0.1, 0.15) is 0 Å². The Morgan fingerprint density at radius 1 is 0.950 bits per heavy atom. The molecule has 0 unspecified atom stereocenters. The van der Waals surface area contributed by atoms with Crippen LogP contribution in [0.2, 0.25) is 0 Å². The first kappa shape index (κ1) is 14.0. The highest BCUT2D eigenvalue weighted by Crippen LogP contribution is 2.13. The molecule has 0 atom stereocenters. The third-order valence-electron chi connectivity index (χ3n) is 3.07. The Morgan fingerprint density at radius 2 is 1.65 bits per heavy atom. The zero-order valence-electron chi connectivity index (χ0n) is 11.3. The van der Waals surface area contributed by atoms with Crippen LogP contribution in [0.4, 0.5) is 0 Å². The first-order valence-electron chi connectivity index (χ1n) is 6.46. The molecule has 0 aromatic heterocycles. The summed E-state index contributed by atoms with van der Waals surface area (Å²) in [6.07, 6.45) is 0.891. The molecule has 102 valence electrons. The van der Waals surface area contributed by atoms with E-state index in [2.05, 4.69) is 4.74 Å². The number of ether oxygens (including phenoxy) is 1. The Balaban J connectivity index is 2.13. The van der Waals surface area contributed by atoms with Crippen LogP contribution in [-0.2, 0) is 16.0 Å². The van der Waals surface area contributed by atoms with Crippen LogP contribution in [-0.4, -0.2) is 18.9 Å². The average Bonchev–Trinajstić information content (AvgIpc) is 2.53. The number of aryl methyl sites for hydroxylation is 1. The van der Waals surface area contributed by atoms with E-state index < -0.39 is 0 Å². The minimum absolute atomic E-state index is 0.00878. The van der Waals surface area contributed by atoms with Gasteiger partial charge in [-0.05, 0) is 18.1 Å². The van der Waals surface area contributed by atoms with Crippen molar-refractivity contribution in [1.82, 2.24) is 0 Å². The standard InChI is InChI=1S/C17H16O3/c1-20-16(18)11-10-13-6-5-9-15(12-13)17(19)14-7-3-2-4-8-14/h2-9,12H,10-11H2,1H3. The van der Waals surface area contributed by atoms with Crippen molar-refractivity contribution in [2.24, 2.45) is 0 Å². The topological polar surface area (TPSA) is 43.4 Å². The van der Waals surface area contributed by atoms with Crippen molar-refractivity contribution < 1.29 is 14.3 Å². The molecule has 2 aromatic carbocycles. The summed E-state index contributed by atoms with van der Waals surface area (Å²) in [5.74, 6) is -0.254. The summed E-state index contributed by atoms with van der Waals surface area (Å²) in [7, 11) is 1.37. The fraction of sp³-hybridized carbons (Fsp3) is 0.176. The first-order chi connectivity index (χ1) is 9.70. The second-order valence-electron chi connectivity index (χ2n) is 4.47. The van der Waals surface area contributed by atoms with E-state index in [9.17, 15) is 9.59 Å². The Kier molecular flexibility index (Phi) is 4.66. The van der Waals surface area contributed by atoms with Crippen molar-refractivity contribution in [2.75, 3.05) is 7.11 Å². The highest BCUT2D eigenvalue weighted by Gasteiger charge is 2.09. The number of hydrogen-bond acceptors (Lipinski definition) is 3. The summed E-state index contributed by atoms with van der Waals surface area (Å²) < 4.78 is 4.61. The van der Waals surface area contributed by atoms with Crippen LogP contribution >= 0.6 is 0 Å². The second-order valence-corrected chi connectivity index (χ2v) is 4.47. The molecule has 0 N–H and O–H groups in total. The van der Waals surface area contributed by atoms with Gasteiger partial charge in [-0.3, -0.25) is 9.59 Å². The molecule has 3 heteroatoms. The van der Waals surface area contributed by atoms with Gasteiger partial charge < -0.3 is 4.74 Å². The molecule has 0 bridgehead atoms. The van der Waals surface area contributed by atoms with Gasteiger partial charge in [0, 0.05) is 17.5 Å². The van der Waals surface area contributed by atoms with Gasteiger partial charge in [-0.2, -0.15) is 0 Å². The first-order valence-corrected chi connectivity index (χ1v) is 6.46. The second kappa shape index (κ2) is 6.66. The monoisotopic (exact) mass is 268 g/mol. The Bertz CT molecular complexity index is 603. The minimum Gasteiger partial charge on any atom is -0.469 e. The van der Waals surface area contributed by atoms with Crippen LogP contribution in [0.15, 0.2) is 54.6 Å². The lowest BCUT2D eigenvalue weighted by molar-refractivity contribution is -0.140. The maximum atomic E-state index is 12.3. The van der Waals surface area contributed by atoms with Gasteiger partial charge in [0.15, 0.2) is 5.78 Å². The van der Waals surface area contributed by atoms with Gasteiger partial charge in [0.05, 0.1) is 7.11 Å². The quantitative estimate of drug-likeness (QED) is 0.618. The molecule has 0 heterocycles. The Hall–Kier alpha value is -2.42. The van der Waals surface area contributed by atoms with E-state index in [1.807, 2.05) is 36.4 Å². The van der Waals surface area contributed by atoms with E-state index in [0.717, 1.165) is 5.56 Å². The molecule has 20 heavy (non-hydrogen) atoms. The highest BCUT2D eigenvalue weighted by atomic mass is 16.5. The third kappa shape index (κ3) is 3.54. The molecule has 0 aliphatic heterocycles. The van der Waals surface area contributed by atoms with Crippen molar-refractivity contribution in [3.05, 3.63) is 71.3 Å². The molecule has 2 rings (SSSR count). The van der Waals surface area contributed by atoms with Crippen LogP contribution < -0.4 is 0 Å². The van der Waals surface area contributed by atoms with Crippen molar-refractivity contribution in [3.63, 3.8) is 0 Å². The fourth-order valence-electron chi connectivity index (χ4n) is 1.97. The summed E-state index contributed by atoms with van der Waals surface area (Å²) in [5, 5.41) is 0. The number of carbonyl (C=O) groups is 2. The van der Waals surface area contributed by atoms with Gasteiger partial charge in [-0.15, -0.1) is 0 Å². The number of ketones is 1. The SMILES string of the molecule is COC(=O)CCc1cccc(C(=O)c2ccccc2)c1. The van der Waals surface area contributed by atoms with E-state index >= 15 is 0 Å². The maximum absolute atomic E-state index is 12.3. The molecular formula is C17H16O3. The molecule has 2 aromatic rings. The molecular weight excluding hydrogens is 252 g/mol. The number of rotatable bonds is 5. The molecule has 0 aliphatic rings. The third-order valence-corrected chi connectivity index (χ3v) is 3.07. The average molecular weight is 268 g/mol. The molecule has 0 saturated heterocycles. The van der Waals surface area contributed by atoms with Gasteiger partial charge in [0.25, 0.3) is 0 Å². The summed E-state index contributed by atoms with van der Waals surface area (Å²) in [5.41, 5.74) is 2.26. The number of esters is 1. The normalized spacial score (nSPS) is 10.1.